The van der Waals surface area contributed by atoms with Crippen molar-refractivity contribution in [2.24, 2.45) is 5.41 Å². The lowest BCUT2D eigenvalue weighted by atomic mass is 9.76. The Morgan fingerprint density at radius 2 is 2.07 bits per heavy atom. The predicted molar refractivity (Wildman–Crippen MR) is 102 cm³/mol. The highest BCUT2D eigenvalue weighted by molar-refractivity contribution is 5.77. The molecule has 0 unspecified atom stereocenters. The highest BCUT2D eigenvalue weighted by atomic mass is 16.7. The Morgan fingerprint density at radius 1 is 1.25 bits per heavy atom. The minimum absolute atomic E-state index is 0.0297. The van der Waals surface area contributed by atoms with E-state index >= 15 is 0 Å². The van der Waals surface area contributed by atoms with E-state index in [0.717, 1.165) is 30.9 Å². The Balaban J connectivity index is 1.39. The second kappa shape index (κ2) is 7.45. The van der Waals surface area contributed by atoms with E-state index in [1.807, 2.05) is 24.8 Å². The van der Waals surface area contributed by atoms with Crippen LogP contribution in [0.15, 0.2) is 22.7 Å². The number of carbonyl (C=O) groups is 1. The molecule has 1 atom stereocenters. The molecule has 2 aliphatic heterocycles. The molecule has 7 nitrogen and oxygen atoms in total. The van der Waals surface area contributed by atoms with Gasteiger partial charge in [0.25, 0.3) is 0 Å². The molecule has 3 heterocycles. The van der Waals surface area contributed by atoms with Gasteiger partial charge in [-0.15, -0.1) is 0 Å². The Hall–Kier alpha value is -2.57. The number of piperidine rings is 1. The molecule has 0 radical (unpaired) electrons. The summed E-state index contributed by atoms with van der Waals surface area (Å²) in [7, 11) is 0. The minimum Gasteiger partial charge on any atom is -0.454 e. The summed E-state index contributed by atoms with van der Waals surface area (Å²) in [4.78, 5) is 18.8. The average molecular weight is 385 g/mol. The van der Waals surface area contributed by atoms with Gasteiger partial charge in [0.15, 0.2) is 17.3 Å². The Labute approximate surface area is 165 Å². The van der Waals surface area contributed by atoms with Gasteiger partial charge in [-0.05, 0) is 36.0 Å². The first-order valence-corrected chi connectivity index (χ1v) is 9.91. The number of fused-ring (bicyclic) bond motifs is 1. The summed E-state index contributed by atoms with van der Waals surface area (Å²) in [5.41, 5.74) is 1.24. The number of hydrogen-bond donors (Lipinski definition) is 0. The number of nitrogens with zero attached hydrogens (tertiary/aromatic N) is 3. The smallest absolute Gasteiger partial charge is 0.231 e. The van der Waals surface area contributed by atoms with Gasteiger partial charge in [0.05, 0.1) is 0 Å². The van der Waals surface area contributed by atoms with Crippen LogP contribution >= 0.6 is 0 Å². The maximum atomic E-state index is 12.4. The third-order valence-electron chi connectivity index (χ3n) is 5.52. The number of amides is 1. The van der Waals surface area contributed by atoms with Crippen LogP contribution < -0.4 is 9.47 Å². The number of benzene rings is 1. The summed E-state index contributed by atoms with van der Waals surface area (Å²) >= 11 is 0. The zero-order valence-corrected chi connectivity index (χ0v) is 16.7. The molecule has 2 aromatic rings. The van der Waals surface area contributed by atoms with Crippen LogP contribution in [0.3, 0.4) is 0 Å². The second-order valence-electron chi connectivity index (χ2n) is 8.44. The number of hydrogen-bond acceptors (Lipinski definition) is 6. The lowest BCUT2D eigenvalue weighted by Gasteiger charge is -2.40. The van der Waals surface area contributed by atoms with Crippen molar-refractivity contribution < 1.29 is 18.8 Å². The molecule has 150 valence electrons. The van der Waals surface area contributed by atoms with Gasteiger partial charge < -0.3 is 18.9 Å². The van der Waals surface area contributed by atoms with Crippen LogP contribution in [0.1, 0.15) is 56.8 Å². The number of ether oxygens (including phenoxy) is 2. The molecular weight excluding hydrogens is 358 g/mol. The van der Waals surface area contributed by atoms with Crippen LogP contribution in [-0.2, 0) is 17.6 Å². The summed E-state index contributed by atoms with van der Waals surface area (Å²) in [6, 6.07) is 6.11. The Morgan fingerprint density at radius 3 is 2.86 bits per heavy atom. The number of rotatable bonds is 6. The van der Waals surface area contributed by atoms with Crippen molar-refractivity contribution in [2.45, 2.75) is 52.4 Å². The summed E-state index contributed by atoms with van der Waals surface area (Å²) in [5.74, 6) is 3.34. The molecule has 1 aromatic heterocycles. The van der Waals surface area contributed by atoms with Gasteiger partial charge in [-0.25, -0.2) is 0 Å². The summed E-state index contributed by atoms with van der Waals surface area (Å²) in [5, 5.41) is 4.03. The third kappa shape index (κ3) is 3.98. The summed E-state index contributed by atoms with van der Waals surface area (Å²) in [6.07, 6.45) is 2.97. The molecule has 0 aliphatic carbocycles. The van der Waals surface area contributed by atoms with E-state index in [4.69, 9.17) is 14.0 Å². The van der Waals surface area contributed by atoms with Gasteiger partial charge in [-0.2, -0.15) is 4.98 Å². The third-order valence-corrected chi connectivity index (χ3v) is 5.52. The Bertz CT molecular complexity index is 863. The number of aromatic nitrogens is 2. The quantitative estimate of drug-likeness (QED) is 0.759. The molecule has 0 bridgehead atoms. The van der Waals surface area contributed by atoms with Crippen molar-refractivity contribution in [3.8, 4) is 11.5 Å². The van der Waals surface area contributed by atoms with Gasteiger partial charge in [-0.3, -0.25) is 4.79 Å². The average Bonchev–Trinajstić information content (AvgIpc) is 3.31. The Kier molecular flexibility index (Phi) is 5.00. The largest absolute Gasteiger partial charge is 0.454 e. The van der Waals surface area contributed by atoms with Crippen molar-refractivity contribution in [1.29, 1.82) is 0 Å². The predicted octanol–water partition coefficient (Wildman–Crippen LogP) is 3.34. The SMILES string of the molecule is CC(C)c1nc(CCN2C[C@](C)(Cc3ccc4c(c3)OCO4)CCC2=O)no1. The van der Waals surface area contributed by atoms with Gasteiger partial charge in [0, 0.05) is 31.8 Å². The van der Waals surface area contributed by atoms with E-state index in [-0.39, 0.29) is 24.0 Å². The van der Waals surface area contributed by atoms with Gasteiger partial charge >= 0.3 is 0 Å². The molecule has 7 heteroatoms. The van der Waals surface area contributed by atoms with E-state index in [1.54, 1.807) is 0 Å². The van der Waals surface area contributed by atoms with Crippen molar-refractivity contribution in [3.05, 3.63) is 35.5 Å². The van der Waals surface area contributed by atoms with Crippen LogP contribution in [0.5, 0.6) is 11.5 Å². The monoisotopic (exact) mass is 385 g/mol. The molecular formula is C21H27N3O4. The van der Waals surface area contributed by atoms with Crippen molar-refractivity contribution in [2.75, 3.05) is 19.9 Å². The summed E-state index contributed by atoms with van der Waals surface area (Å²) in [6.45, 7) is 7.93. The molecule has 1 aromatic carbocycles. The van der Waals surface area contributed by atoms with Crippen molar-refractivity contribution in [1.82, 2.24) is 15.0 Å². The molecule has 2 aliphatic rings. The first kappa shape index (κ1) is 18.8. The first-order chi connectivity index (χ1) is 13.4. The molecule has 4 rings (SSSR count). The molecule has 0 N–H and O–H groups in total. The molecule has 1 amide bonds. The molecule has 0 spiro atoms. The van der Waals surface area contributed by atoms with Gasteiger partial charge in [-0.1, -0.05) is 32.0 Å². The van der Waals surface area contributed by atoms with Crippen LogP contribution in [-0.4, -0.2) is 40.8 Å². The summed E-state index contributed by atoms with van der Waals surface area (Å²) < 4.78 is 16.2. The number of likely N-dealkylation sites (tertiary alicyclic amines) is 1. The molecule has 0 saturated carbocycles. The highest BCUT2D eigenvalue weighted by Crippen LogP contribution is 2.37. The van der Waals surface area contributed by atoms with E-state index in [1.165, 1.54) is 5.56 Å². The lowest BCUT2D eigenvalue weighted by Crippen LogP contribution is -2.46. The van der Waals surface area contributed by atoms with Crippen molar-refractivity contribution in [3.63, 3.8) is 0 Å². The fourth-order valence-corrected chi connectivity index (χ4v) is 3.93. The van der Waals surface area contributed by atoms with E-state index in [0.29, 0.717) is 31.1 Å². The zero-order valence-electron chi connectivity index (χ0n) is 16.7. The molecule has 1 fully saturated rings. The molecule has 28 heavy (non-hydrogen) atoms. The molecule has 1 saturated heterocycles. The van der Waals surface area contributed by atoms with Crippen LogP contribution in [0.2, 0.25) is 0 Å². The van der Waals surface area contributed by atoms with E-state index in [2.05, 4.69) is 29.2 Å². The van der Waals surface area contributed by atoms with Crippen LogP contribution in [0.4, 0.5) is 0 Å². The first-order valence-electron chi connectivity index (χ1n) is 9.91. The van der Waals surface area contributed by atoms with Gasteiger partial charge in [0.1, 0.15) is 0 Å². The zero-order chi connectivity index (χ0) is 19.7. The van der Waals surface area contributed by atoms with Crippen LogP contribution in [0, 0.1) is 5.41 Å². The van der Waals surface area contributed by atoms with Crippen LogP contribution in [0.25, 0.3) is 0 Å². The minimum atomic E-state index is 0.0297. The van der Waals surface area contributed by atoms with Crippen molar-refractivity contribution >= 4 is 5.91 Å². The topological polar surface area (TPSA) is 77.7 Å². The maximum Gasteiger partial charge on any atom is 0.231 e. The number of carbonyl (C=O) groups excluding carboxylic acids is 1. The van der Waals surface area contributed by atoms with E-state index < -0.39 is 0 Å². The standard InChI is InChI=1S/C21H27N3O4/c1-14(2)20-22-18(23-28-20)7-9-24-12-21(3,8-6-19(24)25)11-15-4-5-16-17(10-15)27-13-26-16/h4-5,10,14H,6-9,11-13H2,1-3H3/t21-/m0/s1. The maximum absolute atomic E-state index is 12.4. The highest BCUT2D eigenvalue weighted by Gasteiger charge is 2.35. The van der Waals surface area contributed by atoms with Gasteiger partial charge in [0.2, 0.25) is 18.6 Å². The fraction of sp³-hybridized carbons (Fsp3) is 0.571. The van der Waals surface area contributed by atoms with E-state index in [9.17, 15) is 4.79 Å². The fourth-order valence-electron chi connectivity index (χ4n) is 3.93. The normalized spacial score (nSPS) is 21.6. The second-order valence-corrected chi connectivity index (χ2v) is 8.44. The lowest BCUT2D eigenvalue weighted by molar-refractivity contribution is -0.137.